The van der Waals surface area contributed by atoms with E-state index in [2.05, 4.69) is 5.32 Å². The van der Waals surface area contributed by atoms with Crippen LogP contribution in [0.4, 0.5) is 14.5 Å². The minimum atomic E-state index is -2.57. The second-order valence-corrected chi connectivity index (χ2v) is 10.0. The SMILES string of the molecule is Cc1c(CC(F)F)c2c(Cl)cccc2n1CC(=O)N[C@@H](Cc1ccccc1)C(=O)N(C)c1ccc2c(c1)OCO2. The summed E-state index contributed by atoms with van der Waals surface area (Å²) in [6.07, 6.45) is -2.79. The Hall–Kier alpha value is -4.11. The number of hydrogen-bond donors (Lipinski definition) is 1. The summed E-state index contributed by atoms with van der Waals surface area (Å²) in [6, 6.07) is 18.8. The number of benzene rings is 3. The number of likely N-dealkylation sites (N-methyl/N-ethyl adjacent to an activating group) is 1. The fourth-order valence-electron chi connectivity index (χ4n) is 5.06. The number of ether oxygens (including phenoxy) is 2. The Morgan fingerprint density at radius 1 is 1.02 bits per heavy atom. The van der Waals surface area contributed by atoms with Crippen molar-refractivity contribution in [3.8, 4) is 11.5 Å². The predicted molar refractivity (Wildman–Crippen MR) is 149 cm³/mol. The van der Waals surface area contributed by atoms with Gasteiger partial charge in [-0.2, -0.15) is 0 Å². The molecule has 0 saturated heterocycles. The summed E-state index contributed by atoms with van der Waals surface area (Å²) in [5.41, 5.74) is 2.97. The molecule has 2 heterocycles. The zero-order valence-corrected chi connectivity index (χ0v) is 22.8. The van der Waals surface area contributed by atoms with Crippen molar-refractivity contribution in [1.82, 2.24) is 9.88 Å². The molecule has 1 atom stereocenters. The molecule has 0 fully saturated rings. The van der Waals surface area contributed by atoms with Crippen LogP contribution >= 0.6 is 11.6 Å². The van der Waals surface area contributed by atoms with Gasteiger partial charge in [-0.1, -0.05) is 48.0 Å². The lowest BCUT2D eigenvalue weighted by Gasteiger charge is -2.25. The first-order valence-corrected chi connectivity index (χ1v) is 13.2. The van der Waals surface area contributed by atoms with E-state index in [0.717, 1.165) is 5.56 Å². The molecule has 0 aliphatic carbocycles. The molecule has 0 radical (unpaired) electrons. The van der Waals surface area contributed by atoms with Gasteiger partial charge in [0, 0.05) is 42.7 Å². The average molecular weight is 568 g/mol. The van der Waals surface area contributed by atoms with Gasteiger partial charge in [-0.15, -0.1) is 0 Å². The average Bonchev–Trinajstić information content (AvgIpc) is 3.51. The second kappa shape index (κ2) is 11.6. The lowest BCUT2D eigenvalue weighted by molar-refractivity contribution is -0.127. The fourth-order valence-corrected chi connectivity index (χ4v) is 5.34. The van der Waals surface area contributed by atoms with E-state index < -0.39 is 24.8 Å². The van der Waals surface area contributed by atoms with Crippen molar-refractivity contribution in [2.45, 2.75) is 38.8 Å². The highest BCUT2D eigenvalue weighted by molar-refractivity contribution is 6.35. The van der Waals surface area contributed by atoms with Crippen LogP contribution in [0.5, 0.6) is 11.5 Å². The Labute approximate surface area is 235 Å². The lowest BCUT2D eigenvalue weighted by Crippen LogP contribution is -2.49. The lowest BCUT2D eigenvalue weighted by atomic mass is 10.0. The Kier molecular flexibility index (Phi) is 7.93. The summed E-state index contributed by atoms with van der Waals surface area (Å²) < 4.78 is 39.3. The number of aromatic nitrogens is 1. The summed E-state index contributed by atoms with van der Waals surface area (Å²) in [4.78, 5) is 28.6. The number of carbonyl (C=O) groups is 2. The van der Waals surface area contributed by atoms with Crippen LogP contribution in [0, 0.1) is 6.92 Å². The topological polar surface area (TPSA) is 72.8 Å². The molecule has 208 valence electrons. The number of halogens is 3. The molecule has 4 aromatic rings. The van der Waals surface area contributed by atoms with Crippen LogP contribution in [0.15, 0.2) is 66.7 Å². The van der Waals surface area contributed by atoms with Crippen LogP contribution in [0.25, 0.3) is 10.9 Å². The van der Waals surface area contributed by atoms with Gasteiger partial charge in [0.05, 0.1) is 10.5 Å². The molecule has 0 unspecified atom stereocenters. The highest BCUT2D eigenvalue weighted by Crippen LogP contribution is 2.36. The first kappa shape index (κ1) is 27.5. The summed E-state index contributed by atoms with van der Waals surface area (Å²) in [7, 11) is 1.63. The third-order valence-corrected chi connectivity index (χ3v) is 7.39. The van der Waals surface area contributed by atoms with Crippen LogP contribution < -0.4 is 19.7 Å². The van der Waals surface area contributed by atoms with Gasteiger partial charge in [0.25, 0.3) is 0 Å². The highest BCUT2D eigenvalue weighted by Gasteiger charge is 2.28. The number of carbonyl (C=O) groups excluding carboxylic acids is 2. The van der Waals surface area contributed by atoms with Gasteiger partial charge in [0.2, 0.25) is 25.0 Å². The van der Waals surface area contributed by atoms with Crippen molar-refractivity contribution in [2.24, 2.45) is 0 Å². The normalized spacial score (nSPS) is 13.1. The number of alkyl halides is 2. The highest BCUT2D eigenvalue weighted by atomic mass is 35.5. The van der Waals surface area contributed by atoms with Crippen LogP contribution in [-0.4, -0.2) is 42.7 Å². The number of nitrogens with one attached hydrogen (secondary N) is 1. The molecule has 5 rings (SSSR count). The van der Waals surface area contributed by atoms with Crippen LogP contribution in [0.1, 0.15) is 16.8 Å². The maximum absolute atomic E-state index is 13.7. The molecule has 3 aromatic carbocycles. The van der Waals surface area contributed by atoms with Gasteiger partial charge < -0.3 is 24.3 Å². The fraction of sp³-hybridized carbons (Fsp3) is 0.267. The zero-order valence-electron chi connectivity index (χ0n) is 22.0. The maximum atomic E-state index is 13.7. The van der Waals surface area contributed by atoms with Crippen molar-refractivity contribution >= 4 is 40.0 Å². The summed E-state index contributed by atoms with van der Waals surface area (Å²) >= 11 is 6.39. The van der Waals surface area contributed by atoms with Gasteiger partial charge >= 0.3 is 0 Å². The van der Waals surface area contributed by atoms with Crippen LogP contribution in [0.2, 0.25) is 5.02 Å². The standard InChI is InChI=1S/C30H28ClF2N3O4/c1-18-21(15-27(32)33)29-22(31)9-6-10-24(29)36(18)16-28(37)34-23(13-19-7-4-3-5-8-19)30(38)35(2)20-11-12-25-26(14-20)40-17-39-25/h3-12,14,23,27H,13,15-17H2,1-2H3,(H,34,37)/t23-/m0/s1. The molecule has 1 aliphatic heterocycles. The van der Waals surface area contributed by atoms with E-state index in [-0.39, 0.29) is 25.7 Å². The molecule has 0 bridgehead atoms. The first-order valence-electron chi connectivity index (χ1n) is 12.8. The quantitative estimate of drug-likeness (QED) is 0.289. The Morgan fingerprint density at radius 3 is 2.52 bits per heavy atom. The third kappa shape index (κ3) is 5.60. The Morgan fingerprint density at radius 2 is 1.77 bits per heavy atom. The summed E-state index contributed by atoms with van der Waals surface area (Å²) in [5.74, 6) is 0.372. The molecule has 0 spiro atoms. The van der Waals surface area contributed by atoms with E-state index in [1.165, 1.54) is 4.90 Å². The van der Waals surface area contributed by atoms with Gasteiger partial charge in [-0.05, 0) is 42.3 Å². The predicted octanol–water partition coefficient (Wildman–Crippen LogP) is 5.53. The minimum Gasteiger partial charge on any atom is -0.454 e. The van der Waals surface area contributed by atoms with Gasteiger partial charge in [0.1, 0.15) is 12.6 Å². The zero-order chi connectivity index (χ0) is 28.4. The monoisotopic (exact) mass is 567 g/mol. The maximum Gasteiger partial charge on any atom is 0.249 e. The van der Waals surface area contributed by atoms with E-state index >= 15 is 0 Å². The number of hydrogen-bond acceptors (Lipinski definition) is 4. The molecule has 1 N–H and O–H groups in total. The van der Waals surface area contributed by atoms with Crippen molar-refractivity contribution in [1.29, 1.82) is 0 Å². The molecule has 1 aliphatic rings. The number of nitrogens with zero attached hydrogens (tertiary/aromatic N) is 2. The number of amides is 2. The van der Waals surface area contributed by atoms with Crippen molar-refractivity contribution < 1.29 is 27.8 Å². The first-order chi connectivity index (χ1) is 19.2. The Balaban J connectivity index is 1.42. The van der Waals surface area contributed by atoms with E-state index in [9.17, 15) is 18.4 Å². The number of rotatable bonds is 9. The minimum absolute atomic E-state index is 0.112. The largest absolute Gasteiger partial charge is 0.454 e. The molecule has 1 aromatic heterocycles. The second-order valence-electron chi connectivity index (χ2n) is 9.62. The van der Waals surface area contributed by atoms with Crippen molar-refractivity contribution in [3.05, 3.63) is 88.6 Å². The van der Waals surface area contributed by atoms with Crippen LogP contribution in [0.3, 0.4) is 0 Å². The van der Waals surface area contributed by atoms with Crippen LogP contribution in [-0.2, 0) is 29.0 Å². The van der Waals surface area contributed by atoms with Crippen molar-refractivity contribution in [2.75, 3.05) is 18.7 Å². The van der Waals surface area contributed by atoms with Gasteiger partial charge in [0.15, 0.2) is 11.5 Å². The van der Waals surface area contributed by atoms with E-state index in [1.807, 2.05) is 30.3 Å². The van der Waals surface area contributed by atoms with Gasteiger partial charge in [-0.3, -0.25) is 9.59 Å². The van der Waals surface area contributed by atoms with Gasteiger partial charge in [-0.25, -0.2) is 8.78 Å². The summed E-state index contributed by atoms with van der Waals surface area (Å²) in [6.45, 7) is 1.64. The van der Waals surface area contributed by atoms with E-state index in [1.54, 1.807) is 54.9 Å². The van der Waals surface area contributed by atoms with Crippen molar-refractivity contribution in [3.63, 3.8) is 0 Å². The molecule has 0 saturated carbocycles. The number of fused-ring (bicyclic) bond motifs is 2. The molecular weight excluding hydrogens is 540 g/mol. The molecule has 10 heteroatoms. The molecular formula is C30H28ClF2N3O4. The molecule has 40 heavy (non-hydrogen) atoms. The van der Waals surface area contributed by atoms with E-state index in [4.69, 9.17) is 21.1 Å². The number of anilines is 1. The van der Waals surface area contributed by atoms with E-state index in [0.29, 0.717) is 44.4 Å². The summed E-state index contributed by atoms with van der Waals surface area (Å²) in [5, 5.41) is 3.74. The molecule has 2 amide bonds. The molecule has 7 nitrogen and oxygen atoms in total. The Bertz CT molecular complexity index is 1560. The third-order valence-electron chi connectivity index (χ3n) is 7.08. The smallest absolute Gasteiger partial charge is 0.249 e.